The smallest absolute Gasteiger partial charge is 0.412 e. The standard InChI is InChI=1S/C39H64N4O6Si/c1-13-31(24-36(44)47-27-48-38(46)42(10)21-14-22-49-50(11,12)39(7,8)9)32-17-20-35(43(25-28(2)3)26-29(4)5)34(23-32)41-37(45)40-33-18-15-30(6)16-19-33/h15-20,23,28-29,31H,13-14,21-22,24-27H2,1-12H3,(H2,40,41,45). The van der Waals surface area contributed by atoms with E-state index in [2.05, 4.69) is 77.1 Å². The van der Waals surface area contributed by atoms with Crippen LogP contribution < -0.4 is 15.5 Å². The first-order valence-electron chi connectivity index (χ1n) is 18.0. The van der Waals surface area contributed by atoms with Crippen molar-refractivity contribution in [3.8, 4) is 0 Å². The molecule has 0 aliphatic rings. The van der Waals surface area contributed by atoms with Gasteiger partial charge >= 0.3 is 18.1 Å². The Morgan fingerprint density at radius 3 is 2.08 bits per heavy atom. The number of ether oxygens (including phenoxy) is 2. The Balaban J connectivity index is 2.08. The Labute approximate surface area is 302 Å². The van der Waals surface area contributed by atoms with Crippen LogP contribution in [0.4, 0.5) is 26.7 Å². The molecule has 0 saturated carbocycles. The van der Waals surface area contributed by atoms with Crippen molar-refractivity contribution in [1.82, 2.24) is 4.90 Å². The first-order chi connectivity index (χ1) is 23.3. The second-order valence-electron chi connectivity index (χ2n) is 15.7. The number of esters is 1. The van der Waals surface area contributed by atoms with E-state index in [9.17, 15) is 14.4 Å². The molecule has 0 radical (unpaired) electrons. The summed E-state index contributed by atoms with van der Waals surface area (Å²) in [6, 6.07) is 13.3. The van der Waals surface area contributed by atoms with Gasteiger partial charge in [-0.3, -0.25) is 4.79 Å². The van der Waals surface area contributed by atoms with Crippen molar-refractivity contribution in [2.45, 2.75) is 106 Å². The van der Waals surface area contributed by atoms with E-state index in [0.29, 0.717) is 49.2 Å². The lowest BCUT2D eigenvalue weighted by atomic mass is 9.92. The number of nitrogens with zero attached hydrogens (tertiary/aromatic N) is 2. The van der Waals surface area contributed by atoms with E-state index in [1.807, 2.05) is 56.3 Å². The van der Waals surface area contributed by atoms with E-state index < -0.39 is 27.2 Å². The molecular weight excluding hydrogens is 649 g/mol. The quantitative estimate of drug-likeness (QED) is 0.0686. The fourth-order valence-electron chi connectivity index (χ4n) is 5.21. The highest BCUT2D eigenvalue weighted by Crippen LogP contribution is 2.37. The van der Waals surface area contributed by atoms with Crippen molar-refractivity contribution in [2.75, 3.05) is 55.6 Å². The topological polar surface area (TPSA) is 109 Å². The molecule has 2 rings (SSSR count). The van der Waals surface area contributed by atoms with Crippen LogP contribution in [0.1, 0.15) is 91.7 Å². The van der Waals surface area contributed by atoms with Crippen LogP contribution in [0.15, 0.2) is 42.5 Å². The van der Waals surface area contributed by atoms with Gasteiger partial charge in [-0.2, -0.15) is 0 Å². The van der Waals surface area contributed by atoms with E-state index in [-0.39, 0.29) is 23.4 Å². The number of carbonyl (C=O) groups excluding carboxylic acids is 3. The van der Waals surface area contributed by atoms with E-state index in [0.717, 1.165) is 29.9 Å². The molecule has 0 aliphatic heterocycles. The van der Waals surface area contributed by atoms with E-state index >= 15 is 0 Å². The first-order valence-corrected chi connectivity index (χ1v) is 20.9. The molecule has 0 spiro atoms. The van der Waals surface area contributed by atoms with Gasteiger partial charge in [0.25, 0.3) is 0 Å². The maximum absolute atomic E-state index is 13.2. The molecule has 0 aliphatic carbocycles. The average molecular weight is 713 g/mol. The first kappa shape index (κ1) is 42.6. The van der Waals surface area contributed by atoms with Crippen LogP contribution >= 0.6 is 0 Å². The van der Waals surface area contributed by atoms with Crippen LogP contribution in [0.3, 0.4) is 0 Å². The Kier molecular flexibility index (Phi) is 16.8. The molecule has 1 unspecified atom stereocenters. The summed E-state index contributed by atoms with van der Waals surface area (Å²) in [4.78, 5) is 42.4. The number of amides is 3. The highest BCUT2D eigenvalue weighted by atomic mass is 28.4. The number of hydrogen-bond donors (Lipinski definition) is 2. The molecule has 2 N–H and O–H groups in total. The Bertz CT molecular complexity index is 1360. The zero-order chi connectivity index (χ0) is 37.6. The van der Waals surface area contributed by atoms with Gasteiger partial charge < -0.3 is 34.3 Å². The number of aryl methyl sites for hydroxylation is 1. The van der Waals surface area contributed by atoms with Gasteiger partial charge in [0.2, 0.25) is 6.79 Å². The third-order valence-corrected chi connectivity index (χ3v) is 13.6. The number of nitrogens with one attached hydrogen (secondary N) is 2. The molecule has 10 nitrogen and oxygen atoms in total. The van der Waals surface area contributed by atoms with Crippen LogP contribution in [0, 0.1) is 18.8 Å². The van der Waals surface area contributed by atoms with E-state index in [1.165, 1.54) is 4.90 Å². The summed E-state index contributed by atoms with van der Waals surface area (Å²) in [6.45, 7) is 26.0. The second kappa shape index (κ2) is 19.7. The Morgan fingerprint density at radius 2 is 1.52 bits per heavy atom. The van der Waals surface area contributed by atoms with Crippen molar-refractivity contribution < 1.29 is 28.3 Å². The van der Waals surface area contributed by atoms with Gasteiger partial charge in [0, 0.05) is 39.0 Å². The number of rotatable bonds is 18. The number of carbonyl (C=O) groups is 3. The van der Waals surface area contributed by atoms with Gasteiger partial charge in [0.1, 0.15) is 0 Å². The normalized spacial score (nSPS) is 12.4. The summed E-state index contributed by atoms with van der Waals surface area (Å²) in [5.41, 5.74) is 4.31. The predicted molar refractivity (Wildman–Crippen MR) is 208 cm³/mol. The Morgan fingerprint density at radius 1 is 0.900 bits per heavy atom. The maximum atomic E-state index is 13.2. The zero-order valence-electron chi connectivity index (χ0n) is 32.8. The molecular formula is C39H64N4O6Si. The second-order valence-corrected chi connectivity index (χ2v) is 20.5. The van der Waals surface area contributed by atoms with Crippen molar-refractivity contribution in [2.24, 2.45) is 11.8 Å². The van der Waals surface area contributed by atoms with Gasteiger partial charge in [0.15, 0.2) is 8.32 Å². The summed E-state index contributed by atoms with van der Waals surface area (Å²) in [5.74, 6) is 0.194. The third-order valence-electron chi connectivity index (χ3n) is 9.09. The lowest BCUT2D eigenvalue weighted by Gasteiger charge is -2.36. The third kappa shape index (κ3) is 14.3. The number of urea groups is 1. The molecule has 11 heteroatoms. The largest absolute Gasteiger partial charge is 0.428 e. The summed E-state index contributed by atoms with van der Waals surface area (Å²) in [7, 11) is -0.186. The SMILES string of the molecule is CCC(CC(=O)OCOC(=O)N(C)CCCO[Si](C)(C)C(C)(C)C)c1ccc(N(CC(C)C)CC(C)C)c(NC(=O)Nc2ccc(C)cc2)c1. The lowest BCUT2D eigenvalue weighted by Crippen LogP contribution is -2.41. The van der Waals surface area contributed by atoms with Crippen LogP contribution in [0.5, 0.6) is 0 Å². The molecule has 3 amide bonds. The fourth-order valence-corrected chi connectivity index (χ4v) is 6.30. The van der Waals surface area contributed by atoms with Gasteiger partial charge in [-0.1, -0.05) is 79.2 Å². The Hall–Kier alpha value is -3.57. The molecule has 0 fully saturated rings. The summed E-state index contributed by atoms with van der Waals surface area (Å²) >= 11 is 0. The van der Waals surface area contributed by atoms with Crippen LogP contribution in [-0.4, -0.2) is 71.4 Å². The average Bonchev–Trinajstić information content (AvgIpc) is 3.01. The minimum absolute atomic E-state index is 0.102. The minimum atomic E-state index is -1.84. The van der Waals surface area contributed by atoms with Crippen LogP contribution in [0.2, 0.25) is 18.1 Å². The molecule has 2 aromatic carbocycles. The summed E-state index contributed by atoms with van der Waals surface area (Å²) in [6.07, 6.45) is 0.904. The zero-order valence-corrected chi connectivity index (χ0v) is 33.8. The minimum Gasteiger partial charge on any atom is -0.428 e. The number of anilines is 3. The number of benzene rings is 2. The van der Waals surface area contributed by atoms with E-state index in [4.69, 9.17) is 13.9 Å². The van der Waals surface area contributed by atoms with Crippen molar-refractivity contribution in [1.29, 1.82) is 0 Å². The van der Waals surface area contributed by atoms with Crippen LogP contribution in [0.25, 0.3) is 0 Å². The van der Waals surface area contributed by atoms with Crippen molar-refractivity contribution in [3.05, 3.63) is 53.6 Å². The molecule has 0 aromatic heterocycles. The molecule has 2 aromatic rings. The highest BCUT2D eigenvalue weighted by molar-refractivity contribution is 6.74. The van der Waals surface area contributed by atoms with Crippen molar-refractivity contribution >= 4 is 43.5 Å². The predicted octanol–water partition coefficient (Wildman–Crippen LogP) is 9.62. The monoisotopic (exact) mass is 712 g/mol. The highest BCUT2D eigenvalue weighted by Gasteiger charge is 2.36. The van der Waals surface area contributed by atoms with Crippen molar-refractivity contribution in [3.63, 3.8) is 0 Å². The maximum Gasteiger partial charge on any atom is 0.412 e. The number of hydrogen-bond acceptors (Lipinski definition) is 7. The van der Waals surface area contributed by atoms with Gasteiger partial charge in [-0.05, 0) is 85.5 Å². The molecule has 1 atom stereocenters. The molecule has 280 valence electrons. The molecule has 0 saturated heterocycles. The fraction of sp³-hybridized carbons (Fsp3) is 0.615. The van der Waals surface area contributed by atoms with Gasteiger partial charge in [0.05, 0.1) is 17.8 Å². The summed E-state index contributed by atoms with van der Waals surface area (Å²) in [5, 5.41) is 6.15. The lowest BCUT2D eigenvalue weighted by molar-refractivity contribution is -0.152. The molecule has 50 heavy (non-hydrogen) atoms. The van der Waals surface area contributed by atoms with Gasteiger partial charge in [-0.25, -0.2) is 9.59 Å². The summed E-state index contributed by atoms with van der Waals surface area (Å²) < 4.78 is 16.7. The van der Waals surface area contributed by atoms with E-state index in [1.54, 1.807) is 7.05 Å². The molecule has 0 bridgehead atoms. The van der Waals surface area contributed by atoms with Gasteiger partial charge in [-0.15, -0.1) is 0 Å². The van der Waals surface area contributed by atoms with Crippen LogP contribution in [-0.2, 0) is 18.7 Å². The molecule has 0 heterocycles.